The Kier molecular flexibility index (Phi) is 4.36. The predicted molar refractivity (Wildman–Crippen MR) is 64.7 cm³/mol. The molecule has 0 bridgehead atoms. The largest absolute Gasteiger partial charge is 0.489 e. The molecule has 0 saturated heterocycles. The van der Waals surface area contributed by atoms with Gasteiger partial charge in [0.15, 0.2) is 0 Å². The van der Waals surface area contributed by atoms with E-state index in [9.17, 15) is 0 Å². The second-order valence-electron chi connectivity index (χ2n) is 3.11. The topological polar surface area (TPSA) is 9.23 Å². The van der Waals surface area contributed by atoms with Gasteiger partial charge < -0.3 is 4.74 Å². The second-order valence-corrected chi connectivity index (χ2v) is 3.86. The zero-order valence-electron chi connectivity index (χ0n) is 8.09. The van der Waals surface area contributed by atoms with Gasteiger partial charge >= 0.3 is 0 Å². The van der Waals surface area contributed by atoms with Crippen LogP contribution in [-0.2, 0) is 0 Å². The van der Waals surface area contributed by atoms with Gasteiger partial charge in [0.1, 0.15) is 12.4 Å². The second kappa shape index (κ2) is 5.32. The number of hydrogen-bond donors (Lipinski definition) is 1. The van der Waals surface area contributed by atoms with Gasteiger partial charge in [-0.1, -0.05) is 24.2 Å². The highest BCUT2D eigenvalue weighted by molar-refractivity contribution is 7.80. The summed E-state index contributed by atoms with van der Waals surface area (Å²) in [5, 5.41) is 0.682. The van der Waals surface area contributed by atoms with E-state index in [-0.39, 0.29) is 0 Å². The molecule has 0 aromatic heterocycles. The fraction of sp³-hybridized carbons (Fsp3) is 0.273. The Morgan fingerprint density at radius 1 is 1.57 bits per heavy atom. The zero-order valence-corrected chi connectivity index (χ0v) is 9.74. The van der Waals surface area contributed by atoms with Gasteiger partial charge in [-0.2, -0.15) is 12.6 Å². The molecule has 0 saturated carbocycles. The fourth-order valence-corrected chi connectivity index (χ4v) is 1.21. The lowest BCUT2D eigenvalue weighted by atomic mass is 10.2. The van der Waals surface area contributed by atoms with E-state index >= 15 is 0 Å². The zero-order chi connectivity index (χ0) is 10.6. The highest BCUT2D eigenvalue weighted by atomic mass is 35.5. The molecule has 76 valence electrons. The smallest absolute Gasteiger partial charge is 0.124 e. The van der Waals surface area contributed by atoms with Crippen molar-refractivity contribution in [3.63, 3.8) is 0 Å². The lowest BCUT2D eigenvalue weighted by Gasteiger charge is -2.09. The van der Waals surface area contributed by atoms with Crippen molar-refractivity contribution < 1.29 is 4.74 Å². The first-order chi connectivity index (χ1) is 6.63. The van der Waals surface area contributed by atoms with Crippen LogP contribution < -0.4 is 4.74 Å². The molecule has 0 amide bonds. The summed E-state index contributed by atoms with van der Waals surface area (Å²) in [6.45, 7) is 6.28. The van der Waals surface area contributed by atoms with Gasteiger partial charge in [0, 0.05) is 10.8 Å². The van der Waals surface area contributed by atoms with Crippen LogP contribution in [0, 0.1) is 6.92 Å². The average molecular weight is 229 g/mol. The Morgan fingerprint density at radius 2 is 2.29 bits per heavy atom. The van der Waals surface area contributed by atoms with Gasteiger partial charge in [0.05, 0.1) is 0 Å². The van der Waals surface area contributed by atoms with Crippen molar-refractivity contribution >= 4 is 24.2 Å². The first kappa shape index (κ1) is 11.5. The normalized spacial score (nSPS) is 9.93. The Morgan fingerprint density at radius 3 is 2.93 bits per heavy atom. The molecule has 0 aliphatic carbocycles. The van der Waals surface area contributed by atoms with Gasteiger partial charge in [-0.05, 0) is 30.2 Å². The monoisotopic (exact) mass is 228 g/mol. The Bertz CT molecular complexity index is 336. The van der Waals surface area contributed by atoms with Crippen LogP contribution >= 0.6 is 24.2 Å². The first-order valence-electron chi connectivity index (χ1n) is 4.30. The maximum atomic E-state index is 5.85. The summed E-state index contributed by atoms with van der Waals surface area (Å²) in [5.74, 6) is 1.44. The molecule has 3 heteroatoms. The van der Waals surface area contributed by atoms with Crippen molar-refractivity contribution in [2.24, 2.45) is 0 Å². The number of benzene rings is 1. The highest BCUT2D eigenvalue weighted by Crippen LogP contribution is 2.22. The Balaban J connectivity index is 2.66. The predicted octanol–water partition coefficient (Wildman–Crippen LogP) is 3.51. The van der Waals surface area contributed by atoms with Crippen molar-refractivity contribution in [1.82, 2.24) is 0 Å². The van der Waals surface area contributed by atoms with Gasteiger partial charge in [0.25, 0.3) is 0 Å². The molecule has 0 N–H and O–H groups in total. The van der Waals surface area contributed by atoms with E-state index in [1.807, 2.05) is 25.1 Å². The number of thiol groups is 1. The maximum Gasteiger partial charge on any atom is 0.124 e. The van der Waals surface area contributed by atoms with Crippen LogP contribution in [-0.4, -0.2) is 12.4 Å². The standard InChI is InChI=1S/C11H13ClOS/c1-8(7-14)6-13-11-5-10(12)4-3-9(11)2/h3-5,14H,1,6-7H2,2H3. The van der Waals surface area contributed by atoms with E-state index in [2.05, 4.69) is 19.2 Å². The molecule has 0 aliphatic heterocycles. The summed E-state index contributed by atoms with van der Waals surface area (Å²) in [4.78, 5) is 0. The van der Waals surface area contributed by atoms with Crippen LogP contribution in [0.1, 0.15) is 5.56 Å². The van der Waals surface area contributed by atoms with Crippen LogP contribution in [0.25, 0.3) is 0 Å². The molecule has 0 radical (unpaired) electrons. The van der Waals surface area contributed by atoms with Crippen LogP contribution in [0.15, 0.2) is 30.4 Å². The molecule has 0 spiro atoms. The minimum atomic E-state index is 0.491. The quantitative estimate of drug-likeness (QED) is 0.613. The SMILES string of the molecule is C=C(CS)COc1cc(Cl)ccc1C. The van der Waals surface area contributed by atoms with E-state index in [1.165, 1.54) is 0 Å². The summed E-state index contributed by atoms with van der Waals surface area (Å²) < 4.78 is 5.54. The van der Waals surface area contributed by atoms with Crippen LogP contribution in [0.4, 0.5) is 0 Å². The van der Waals surface area contributed by atoms with Crippen molar-refractivity contribution in [3.05, 3.63) is 40.9 Å². The summed E-state index contributed by atoms with van der Waals surface area (Å²) in [5.41, 5.74) is 2.02. The maximum absolute atomic E-state index is 5.85. The minimum Gasteiger partial charge on any atom is -0.489 e. The third-order valence-corrected chi connectivity index (χ3v) is 2.49. The first-order valence-corrected chi connectivity index (χ1v) is 5.31. The van der Waals surface area contributed by atoms with Crippen molar-refractivity contribution in [1.29, 1.82) is 0 Å². The Labute approximate surface area is 95.1 Å². The summed E-state index contributed by atoms with van der Waals surface area (Å²) in [6, 6.07) is 5.58. The molecule has 1 aromatic rings. The number of aryl methyl sites for hydroxylation is 1. The number of ether oxygens (including phenoxy) is 1. The lowest BCUT2D eigenvalue weighted by molar-refractivity contribution is 0.351. The molecule has 1 aromatic carbocycles. The highest BCUT2D eigenvalue weighted by Gasteiger charge is 2.00. The fourth-order valence-electron chi connectivity index (χ4n) is 0.955. The number of halogens is 1. The average Bonchev–Trinajstić information content (AvgIpc) is 2.19. The minimum absolute atomic E-state index is 0.491. The molecule has 0 unspecified atom stereocenters. The van der Waals surface area contributed by atoms with Crippen LogP contribution in [0.3, 0.4) is 0 Å². The molecule has 0 atom stereocenters. The van der Waals surface area contributed by atoms with E-state index in [0.29, 0.717) is 17.4 Å². The van der Waals surface area contributed by atoms with Gasteiger partial charge in [-0.3, -0.25) is 0 Å². The van der Waals surface area contributed by atoms with Crippen molar-refractivity contribution in [2.45, 2.75) is 6.92 Å². The van der Waals surface area contributed by atoms with Crippen molar-refractivity contribution in [3.8, 4) is 5.75 Å². The van der Waals surface area contributed by atoms with Crippen LogP contribution in [0.2, 0.25) is 5.02 Å². The van der Waals surface area contributed by atoms with Crippen molar-refractivity contribution in [2.75, 3.05) is 12.4 Å². The van der Waals surface area contributed by atoms with E-state index < -0.39 is 0 Å². The molecule has 1 nitrogen and oxygen atoms in total. The Hall–Kier alpha value is -0.600. The number of rotatable bonds is 4. The third-order valence-electron chi connectivity index (χ3n) is 1.81. The van der Waals surface area contributed by atoms with E-state index in [4.69, 9.17) is 16.3 Å². The van der Waals surface area contributed by atoms with E-state index in [0.717, 1.165) is 16.9 Å². The van der Waals surface area contributed by atoms with Gasteiger partial charge in [0.2, 0.25) is 0 Å². The molecule has 0 heterocycles. The summed E-state index contributed by atoms with van der Waals surface area (Å²) >= 11 is 9.95. The number of hydrogen-bond acceptors (Lipinski definition) is 2. The third kappa shape index (κ3) is 3.28. The molecule has 0 aliphatic rings. The summed E-state index contributed by atoms with van der Waals surface area (Å²) in [7, 11) is 0. The molecule has 1 rings (SSSR count). The molecule has 0 fully saturated rings. The lowest BCUT2D eigenvalue weighted by Crippen LogP contribution is -2.02. The molecular weight excluding hydrogens is 216 g/mol. The van der Waals surface area contributed by atoms with Crippen LogP contribution in [0.5, 0.6) is 5.75 Å². The molecular formula is C11H13ClOS. The van der Waals surface area contributed by atoms with Gasteiger partial charge in [-0.15, -0.1) is 0 Å². The van der Waals surface area contributed by atoms with Gasteiger partial charge in [-0.25, -0.2) is 0 Å². The summed E-state index contributed by atoms with van der Waals surface area (Å²) in [6.07, 6.45) is 0. The molecule has 14 heavy (non-hydrogen) atoms. The van der Waals surface area contributed by atoms with E-state index in [1.54, 1.807) is 0 Å².